The third kappa shape index (κ3) is 3.41. The maximum atomic E-state index is 13.4. The molecule has 0 atom stereocenters. The fraction of sp³-hybridized carbons (Fsp3) is 0.136. The summed E-state index contributed by atoms with van der Waals surface area (Å²) in [6.45, 7) is 1.90. The van der Waals surface area contributed by atoms with Crippen molar-refractivity contribution in [3.05, 3.63) is 72.2 Å². The van der Waals surface area contributed by atoms with E-state index in [1.807, 2.05) is 30.7 Å². The second-order valence-electron chi connectivity index (χ2n) is 7.43. The lowest BCUT2D eigenvalue weighted by atomic mass is 10.1. The number of halogens is 1. The number of nitrogens with zero attached hydrogens (tertiary/aromatic N) is 7. The van der Waals surface area contributed by atoms with Crippen molar-refractivity contribution in [2.45, 2.75) is 6.92 Å². The van der Waals surface area contributed by atoms with Gasteiger partial charge < -0.3 is 9.88 Å². The largest absolute Gasteiger partial charge is 0.330 e. The molecule has 9 nitrogen and oxygen atoms in total. The number of hydrogen-bond donors (Lipinski definition) is 1. The van der Waals surface area contributed by atoms with E-state index in [4.69, 9.17) is 0 Å². The van der Waals surface area contributed by atoms with Crippen LogP contribution < -0.4 is 5.32 Å². The van der Waals surface area contributed by atoms with Gasteiger partial charge in [0, 0.05) is 25.9 Å². The van der Waals surface area contributed by atoms with Gasteiger partial charge in [0.2, 0.25) is 0 Å². The molecule has 10 heteroatoms. The van der Waals surface area contributed by atoms with E-state index in [2.05, 4.69) is 25.5 Å². The van der Waals surface area contributed by atoms with Crippen LogP contribution in [0, 0.1) is 12.7 Å². The molecule has 0 saturated heterocycles. The van der Waals surface area contributed by atoms with E-state index in [9.17, 15) is 9.18 Å². The maximum Gasteiger partial charge on any atom is 0.260 e. The van der Waals surface area contributed by atoms with Gasteiger partial charge in [-0.15, -0.1) is 0 Å². The molecular formula is C22H19FN8O. The molecule has 0 aliphatic heterocycles. The predicted molar refractivity (Wildman–Crippen MR) is 116 cm³/mol. The molecule has 1 amide bonds. The Bertz CT molecular complexity index is 1460. The summed E-state index contributed by atoms with van der Waals surface area (Å²) in [5.41, 5.74) is 3.99. The fourth-order valence-electron chi connectivity index (χ4n) is 3.51. The zero-order valence-corrected chi connectivity index (χ0v) is 17.6. The molecule has 0 bridgehead atoms. The predicted octanol–water partition coefficient (Wildman–Crippen LogP) is 3.23. The topological polar surface area (TPSA) is 94.9 Å². The van der Waals surface area contributed by atoms with Crippen molar-refractivity contribution < 1.29 is 9.18 Å². The Morgan fingerprint density at radius 3 is 2.53 bits per heavy atom. The number of nitrogens with one attached hydrogen (secondary N) is 1. The SMILES string of the molecule is Cc1nc(-c2ccc(F)cc2)c(-c2ccc3nc(NC(=O)c4cnn(C)c4)cn3n2)n1C. The third-order valence-electron chi connectivity index (χ3n) is 5.21. The summed E-state index contributed by atoms with van der Waals surface area (Å²) in [6, 6.07) is 9.88. The van der Waals surface area contributed by atoms with E-state index >= 15 is 0 Å². The lowest BCUT2D eigenvalue weighted by molar-refractivity contribution is 0.102. The van der Waals surface area contributed by atoms with Crippen LogP contribution in [0.15, 0.2) is 55.0 Å². The molecule has 0 saturated carbocycles. The molecule has 0 radical (unpaired) electrons. The van der Waals surface area contributed by atoms with Gasteiger partial charge in [0.05, 0.1) is 29.3 Å². The first-order chi connectivity index (χ1) is 15.4. The van der Waals surface area contributed by atoms with Crippen molar-refractivity contribution in [2.75, 3.05) is 5.32 Å². The van der Waals surface area contributed by atoms with Gasteiger partial charge in [-0.25, -0.2) is 18.9 Å². The Kier molecular flexibility index (Phi) is 4.54. The first kappa shape index (κ1) is 19.6. The van der Waals surface area contributed by atoms with Gasteiger partial charge in [-0.3, -0.25) is 9.48 Å². The van der Waals surface area contributed by atoms with Crippen molar-refractivity contribution >= 4 is 17.4 Å². The minimum Gasteiger partial charge on any atom is -0.330 e. The van der Waals surface area contributed by atoms with Crippen LogP contribution in [0.25, 0.3) is 28.3 Å². The highest BCUT2D eigenvalue weighted by atomic mass is 19.1. The first-order valence-electron chi connectivity index (χ1n) is 9.85. The summed E-state index contributed by atoms with van der Waals surface area (Å²) in [4.78, 5) is 21.5. The second-order valence-corrected chi connectivity index (χ2v) is 7.43. The zero-order valence-electron chi connectivity index (χ0n) is 17.6. The van der Waals surface area contributed by atoms with E-state index in [-0.39, 0.29) is 11.7 Å². The Hall–Kier alpha value is -4.34. The van der Waals surface area contributed by atoms with Crippen LogP contribution in [-0.4, -0.2) is 39.8 Å². The molecule has 1 aromatic carbocycles. The van der Waals surface area contributed by atoms with Gasteiger partial charge in [0.15, 0.2) is 11.5 Å². The minimum atomic E-state index is -0.304. The number of imidazole rings is 2. The summed E-state index contributed by atoms with van der Waals surface area (Å²) in [6.07, 6.45) is 4.76. The summed E-state index contributed by atoms with van der Waals surface area (Å²) in [5, 5.41) is 11.4. The number of rotatable bonds is 4. The highest BCUT2D eigenvalue weighted by molar-refractivity contribution is 6.03. The van der Waals surface area contributed by atoms with E-state index in [0.29, 0.717) is 28.4 Å². The smallest absolute Gasteiger partial charge is 0.260 e. The van der Waals surface area contributed by atoms with Crippen molar-refractivity contribution in [3.63, 3.8) is 0 Å². The number of benzene rings is 1. The molecule has 5 rings (SSSR count). The number of aromatic nitrogens is 7. The summed E-state index contributed by atoms with van der Waals surface area (Å²) in [5.74, 6) is 0.573. The second kappa shape index (κ2) is 7.41. The monoisotopic (exact) mass is 430 g/mol. The Labute approximate surface area is 182 Å². The summed E-state index contributed by atoms with van der Waals surface area (Å²) in [7, 11) is 3.65. The van der Waals surface area contributed by atoms with Crippen LogP contribution >= 0.6 is 0 Å². The molecule has 1 N–H and O–H groups in total. The molecule has 0 aliphatic carbocycles. The average Bonchev–Trinajstić information content (AvgIpc) is 3.45. The van der Waals surface area contributed by atoms with Crippen molar-refractivity contribution in [1.82, 2.24) is 33.9 Å². The van der Waals surface area contributed by atoms with E-state index < -0.39 is 0 Å². The van der Waals surface area contributed by atoms with Crippen molar-refractivity contribution in [2.24, 2.45) is 14.1 Å². The number of anilines is 1. The Balaban J connectivity index is 1.52. The number of amides is 1. The standard InChI is InChI=1S/C22H19FN8O/c1-13-25-20(14-4-6-16(23)7-5-14)21(30(13)3)17-8-9-19-26-18(12-31(19)28-17)27-22(32)15-10-24-29(2)11-15/h4-12H,1-3H3,(H,27,32). The fourth-order valence-corrected chi connectivity index (χ4v) is 3.51. The molecule has 5 aromatic rings. The van der Waals surface area contributed by atoms with Crippen LogP contribution in [0.1, 0.15) is 16.2 Å². The summed E-state index contributed by atoms with van der Waals surface area (Å²) >= 11 is 0. The van der Waals surface area contributed by atoms with Crippen LogP contribution in [0.4, 0.5) is 10.2 Å². The number of hydrogen-bond acceptors (Lipinski definition) is 5. The molecule has 4 heterocycles. The molecule has 160 valence electrons. The van der Waals surface area contributed by atoms with Gasteiger partial charge in [-0.05, 0) is 43.3 Å². The maximum absolute atomic E-state index is 13.4. The Morgan fingerprint density at radius 1 is 1.03 bits per heavy atom. The number of fused-ring (bicyclic) bond motifs is 1. The molecule has 0 unspecified atom stereocenters. The van der Waals surface area contributed by atoms with Gasteiger partial charge in [0.1, 0.15) is 17.3 Å². The first-order valence-corrected chi connectivity index (χ1v) is 9.85. The zero-order chi connectivity index (χ0) is 22.4. The number of aryl methyl sites for hydroxylation is 2. The average molecular weight is 430 g/mol. The summed E-state index contributed by atoms with van der Waals surface area (Å²) < 4.78 is 18.5. The molecule has 0 spiro atoms. The molecule has 0 fully saturated rings. The van der Waals surface area contributed by atoms with E-state index in [0.717, 1.165) is 17.1 Å². The van der Waals surface area contributed by atoms with Crippen molar-refractivity contribution in [3.8, 4) is 22.6 Å². The molecule has 4 aromatic heterocycles. The van der Waals surface area contributed by atoms with Gasteiger partial charge in [-0.2, -0.15) is 10.2 Å². The Morgan fingerprint density at radius 2 is 1.81 bits per heavy atom. The lowest BCUT2D eigenvalue weighted by Crippen LogP contribution is -2.11. The van der Waals surface area contributed by atoms with Gasteiger partial charge >= 0.3 is 0 Å². The highest BCUT2D eigenvalue weighted by Gasteiger charge is 2.18. The van der Waals surface area contributed by atoms with Crippen molar-refractivity contribution in [1.29, 1.82) is 0 Å². The quantitative estimate of drug-likeness (QED) is 0.472. The third-order valence-corrected chi connectivity index (χ3v) is 5.21. The van der Waals surface area contributed by atoms with Gasteiger partial charge in [-0.1, -0.05) is 0 Å². The van der Waals surface area contributed by atoms with Crippen LogP contribution in [0.2, 0.25) is 0 Å². The molecule has 0 aliphatic rings. The van der Waals surface area contributed by atoms with Crippen LogP contribution in [0.3, 0.4) is 0 Å². The van der Waals surface area contributed by atoms with E-state index in [1.54, 1.807) is 40.8 Å². The van der Waals surface area contributed by atoms with Gasteiger partial charge in [0.25, 0.3) is 5.91 Å². The number of carbonyl (C=O) groups excluding carboxylic acids is 1. The van der Waals surface area contributed by atoms with E-state index in [1.165, 1.54) is 18.3 Å². The highest BCUT2D eigenvalue weighted by Crippen LogP contribution is 2.31. The lowest BCUT2D eigenvalue weighted by Gasteiger charge is -2.07. The van der Waals surface area contributed by atoms with Crippen LogP contribution in [0.5, 0.6) is 0 Å². The number of carbonyl (C=O) groups is 1. The minimum absolute atomic E-state index is 0.303. The normalized spacial score (nSPS) is 11.2. The van der Waals surface area contributed by atoms with Crippen LogP contribution in [-0.2, 0) is 14.1 Å². The molecule has 32 heavy (non-hydrogen) atoms. The molecular weight excluding hydrogens is 411 g/mol.